The average molecular weight is 1470 g/mol. The van der Waals surface area contributed by atoms with Crippen LogP contribution < -0.4 is 20.5 Å². The smallest absolute Gasteiger partial charge is 0.311 e. The van der Waals surface area contributed by atoms with Crippen molar-refractivity contribution in [3.63, 3.8) is 0 Å². The monoisotopic (exact) mass is 1470 g/mol. The van der Waals surface area contributed by atoms with Gasteiger partial charge in [0, 0.05) is 67.2 Å². The summed E-state index contributed by atoms with van der Waals surface area (Å²) in [6.07, 6.45) is 0. The standard InChI is InChI=1S/C29H34N2O5.C18H18ClNO4.C11H15NO3.C11H17NO.C11H16O.CH4.HNO3/c1-19-17-20(29(2,3)4)18-24(26(19)32)30-28(34)27(33)23-9-10-25(22-8-6-5-7-21(22)23)36-16-13-31-11-14-35-15-12-31;19-18(22)17(21)15-5-6-16(14-4-2-1-3-13(14)15)24-12-9-20-7-10-23-11-8-20;1-7-5-8(11(2,3)4)6-9(10(7)13)12(14)15;1-7-5-8(11(2,3)4)6-9(12)10(7)13;1-8-7-9(11(2,3)4)5-6-10(8)12;;2-1(3)4/h5-10,17-18,32H,11-16H2,1-4H3,(H,30,34);1-6H,7-12H2;5-6,13H,1-4H3;5-6,13H,12H2,1-4H3;5-7,12H,1-4H3;1H4;(H,2,3,4). The molecule has 24 heteroatoms. The van der Waals surface area contributed by atoms with Gasteiger partial charge in [-0.25, -0.2) is 0 Å². The minimum atomic E-state index is -1.50. The van der Waals surface area contributed by atoms with E-state index < -0.39 is 32.7 Å². The number of benzene rings is 8. The number of nitro groups is 1. The van der Waals surface area contributed by atoms with Crippen molar-refractivity contribution in [3.8, 4) is 34.5 Å². The summed E-state index contributed by atoms with van der Waals surface area (Å²) < 4.78 is 22.7. The van der Waals surface area contributed by atoms with Crippen LogP contribution in [0.1, 0.15) is 156 Å². The molecule has 0 aromatic heterocycles. The number of anilines is 2. The van der Waals surface area contributed by atoms with Crippen molar-refractivity contribution in [2.75, 3.05) is 90.0 Å². The third-order valence-electron chi connectivity index (χ3n) is 17.2. The van der Waals surface area contributed by atoms with Gasteiger partial charge in [-0.15, -0.1) is 10.1 Å². The van der Waals surface area contributed by atoms with Gasteiger partial charge in [0.05, 0.1) is 42.7 Å². The number of rotatable bonds is 14. The average Bonchev–Trinajstić information content (AvgIpc) is 0.791. The number of Topliss-reactive ketones (excluding diaryl/α,β-unsaturated/α-hetero) is 2. The summed E-state index contributed by atoms with van der Waals surface area (Å²) in [4.78, 5) is 72.4. The number of aromatic hydroxyl groups is 4. The van der Waals surface area contributed by atoms with Gasteiger partial charge >= 0.3 is 5.69 Å². The zero-order chi connectivity index (χ0) is 77.8. The Morgan fingerprint density at radius 1 is 0.514 bits per heavy atom. The highest BCUT2D eigenvalue weighted by Gasteiger charge is 2.27. The maximum Gasteiger partial charge on any atom is 0.311 e. The third-order valence-corrected chi connectivity index (χ3v) is 17.4. The number of nitro benzene ring substituents is 1. The number of carbonyl (C=O) groups excluding carboxylic acids is 4. The van der Waals surface area contributed by atoms with Crippen LogP contribution in [0, 0.1) is 47.9 Å². The number of aryl methyl sites for hydroxylation is 4. The Morgan fingerprint density at radius 2 is 0.886 bits per heavy atom. The van der Waals surface area contributed by atoms with Crippen LogP contribution in [0.5, 0.6) is 34.5 Å². The molecule has 10 rings (SSSR count). The Labute approximate surface area is 621 Å². The van der Waals surface area contributed by atoms with Crippen molar-refractivity contribution in [1.82, 2.24) is 9.80 Å². The lowest BCUT2D eigenvalue weighted by molar-refractivity contribution is -0.742. The Kier molecular flexibility index (Phi) is 32.3. The fourth-order valence-corrected chi connectivity index (χ4v) is 10.9. The highest BCUT2D eigenvalue weighted by molar-refractivity contribution is 6.83. The van der Waals surface area contributed by atoms with Crippen molar-refractivity contribution >= 4 is 72.9 Å². The number of morpholine rings is 2. The topological polar surface area (TPSA) is 337 Å². The van der Waals surface area contributed by atoms with Gasteiger partial charge < -0.3 is 55.6 Å². The number of nitrogen functional groups attached to an aromatic ring is 1. The number of phenols is 4. The lowest BCUT2D eigenvalue weighted by atomic mass is 9.85. The number of nitrogens with two attached hydrogens (primary N) is 1. The van der Waals surface area contributed by atoms with E-state index in [9.17, 15) is 49.7 Å². The molecule has 0 saturated carbocycles. The van der Waals surface area contributed by atoms with E-state index in [1.54, 1.807) is 62.4 Å². The number of hydrogen-bond donors (Lipinski definition) is 7. The van der Waals surface area contributed by atoms with Crippen LogP contribution in [-0.2, 0) is 40.7 Å². The van der Waals surface area contributed by atoms with E-state index in [-0.39, 0.29) is 63.3 Å². The molecule has 8 aromatic carbocycles. The lowest BCUT2D eigenvalue weighted by Gasteiger charge is -2.26. The summed E-state index contributed by atoms with van der Waals surface area (Å²) in [5.41, 5.74) is 13.8. The van der Waals surface area contributed by atoms with E-state index in [4.69, 9.17) is 51.6 Å². The van der Waals surface area contributed by atoms with Gasteiger partial charge in [0.25, 0.3) is 22.0 Å². The molecule has 0 atom stereocenters. The van der Waals surface area contributed by atoms with Gasteiger partial charge in [-0.2, -0.15) is 0 Å². The van der Waals surface area contributed by atoms with Crippen LogP contribution in [0.15, 0.2) is 127 Å². The lowest BCUT2D eigenvalue weighted by Crippen LogP contribution is -2.38. The molecule has 105 heavy (non-hydrogen) atoms. The minimum absolute atomic E-state index is 0. The maximum atomic E-state index is 13.2. The number of hydrogen-bond acceptors (Lipinski definition) is 19. The quantitative estimate of drug-likeness (QED) is 0.0101. The number of ketones is 2. The van der Waals surface area contributed by atoms with Crippen molar-refractivity contribution in [2.24, 2.45) is 0 Å². The number of carbonyl (C=O) groups is 4. The first-order valence-corrected chi connectivity index (χ1v) is 34.4. The van der Waals surface area contributed by atoms with Crippen LogP contribution in [0.2, 0.25) is 0 Å². The van der Waals surface area contributed by atoms with Gasteiger partial charge in [0.2, 0.25) is 5.78 Å². The summed E-state index contributed by atoms with van der Waals surface area (Å²) in [5, 5.41) is 67.7. The molecule has 2 aliphatic rings. The highest BCUT2D eigenvalue weighted by Crippen LogP contribution is 2.38. The number of fused-ring (bicyclic) bond motifs is 2. The van der Waals surface area contributed by atoms with Crippen LogP contribution in [0.25, 0.3) is 21.5 Å². The van der Waals surface area contributed by atoms with Crippen molar-refractivity contribution in [3.05, 3.63) is 203 Å². The normalized spacial score (nSPS) is 13.2. The number of nitrogens with zero attached hydrogens (tertiary/aromatic N) is 4. The second-order valence-electron chi connectivity index (χ2n) is 29.4. The van der Waals surface area contributed by atoms with E-state index >= 15 is 0 Å². The Bertz CT molecular complexity index is 4300. The van der Waals surface area contributed by atoms with E-state index in [0.29, 0.717) is 63.6 Å². The molecule has 2 saturated heterocycles. The molecular weight excluding hydrogens is 1360 g/mol. The first kappa shape index (κ1) is 87.5. The molecule has 1 amide bonds. The fraction of sp³-hybridized carbons (Fsp3) is 0.407. The van der Waals surface area contributed by atoms with E-state index in [1.807, 2.05) is 128 Å². The number of amides is 1. The number of ether oxygens (including phenoxy) is 4. The Hall–Kier alpha value is -9.91. The molecule has 0 bridgehead atoms. The molecule has 0 spiro atoms. The second-order valence-corrected chi connectivity index (χ2v) is 29.7. The summed E-state index contributed by atoms with van der Waals surface area (Å²) in [6, 6.07) is 37.8. The van der Waals surface area contributed by atoms with Crippen molar-refractivity contribution in [2.45, 2.75) is 140 Å². The predicted molar refractivity (Wildman–Crippen MR) is 414 cm³/mol. The van der Waals surface area contributed by atoms with Crippen LogP contribution >= 0.6 is 11.6 Å². The maximum absolute atomic E-state index is 13.2. The first-order chi connectivity index (χ1) is 48.5. The van der Waals surface area contributed by atoms with Gasteiger partial charge in [0.1, 0.15) is 42.0 Å². The largest absolute Gasteiger partial charge is 0.508 e. The van der Waals surface area contributed by atoms with E-state index in [1.165, 1.54) is 11.6 Å². The van der Waals surface area contributed by atoms with Crippen molar-refractivity contribution in [1.29, 1.82) is 0 Å². The van der Waals surface area contributed by atoms with Crippen LogP contribution in [-0.4, -0.2) is 147 Å². The minimum Gasteiger partial charge on any atom is -0.508 e. The summed E-state index contributed by atoms with van der Waals surface area (Å²) in [5.74, 6) is -0.527. The highest BCUT2D eigenvalue weighted by atomic mass is 35.5. The number of phenolic OH excluding ortho intramolecular Hbond substituents is 4. The zero-order valence-electron chi connectivity index (χ0n) is 62.5. The summed E-state index contributed by atoms with van der Waals surface area (Å²) in [6.45, 7) is 41.4. The molecule has 0 aliphatic carbocycles. The van der Waals surface area contributed by atoms with E-state index in [2.05, 4.69) is 56.7 Å². The van der Waals surface area contributed by atoms with Gasteiger partial charge in [0.15, 0.2) is 5.75 Å². The molecule has 0 radical (unpaired) electrons. The number of halogens is 1. The molecule has 8 aromatic rings. The first-order valence-electron chi connectivity index (χ1n) is 34.1. The molecule has 2 aliphatic heterocycles. The van der Waals surface area contributed by atoms with Gasteiger partial charge in [-0.3, -0.25) is 39.1 Å². The van der Waals surface area contributed by atoms with Gasteiger partial charge in [-0.1, -0.05) is 169 Å². The third kappa shape index (κ3) is 26.0. The number of nitrogens with one attached hydrogen (secondary N) is 1. The molecule has 23 nitrogen and oxygen atoms in total. The molecule has 2 heterocycles. The molecule has 2 fully saturated rings. The second kappa shape index (κ2) is 38.7. The predicted octanol–water partition coefficient (Wildman–Crippen LogP) is 16.0. The van der Waals surface area contributed by atoms with Crippen LogP contribution in [0.4, 0.5) is 17.1 Å². The Morgan fingerprint density at radius 3 is 1.28 bits per heavy atom. The fourth-order valence-electron chi connectivity index (χ4n) is 10.8. The van der Waals surface area contributed by atoms with Gasteiger partial charge in [-0.05, 0) is 159 Å². The molecular formula is C81H105ClN6O17. The summed E-state index contributed by atoms with van der Waals surface area (Å²) >= 11 is 5.34. The molecule has 8 N–H and O–H groups in total. The Balaban J connectivity index is 0.000000292. The molecule has 0 unspecified atom stereocenters. The molecule has 568 valence electrons. The zero-order valence-corrected chi connectivity index (χ0v) is 63.2. The van der Waals surface area contributed by atoms with E-state index in [0.717, 1.165) is 104 Å². The SMILES string of the molecule is C.Cc1cc(C(C)(C)C)cc(N)c1O.Cc1cc(C(C)(C)C)cc(NC(=O)C(=O)c2ccc(OCCN3CCOCC3)c3ccccc23)c1O.Cc1cc(C(C)(C)C)cc([N+](=O)[O-])c1O.Cc1cc(C(C)(C)C)ccc1O.O=C(Cl)C(=O)c1ccc(OCCN2CCOCC2)c2ccccc12.O=[N+]([O-])O. The van der Waals surface area contributed by atoms with Crippen LogP contribution in [0.3, 0.4) is 0 Å². The summed E-state index contributed by atoms with van der Waals surface area (Å²) in [7, 11) is 0. The van der Waals surface area contributed by atoms with Crippen molar-refractivity contribution < 1.29 is 73.8 Å².